The molecule has 11 heavy (non-hydrogen) atoms. The molecule has 6 heteroatoms. The van der Waals surface area contributed by atoms with Gasteiger partial charge in [0, 0.05) is 6.04 Å². The van der Waals surface area contributed by atoms with E-state index in [1.807, 2.05) is 0 Å². The Balaban J connectivity index is -0.000000320. The molecule has 0 saturated heterocycles. The third kappa shape index (κ3) is 12.5. The zero-order chi connectivity index (χ0) is 7.28. The van der Waals surface area contributed by atoms with Gasteiger partial charge in [-0.2, -0.15) is 0 Å². The van der Waals surface area contributed by atoms with Crippen molar-refractivity contribution in [2.75, 3.05) is 6.54 Å². The Hall–Kier alpha value is -0.690. The van der Waals surface area contributed by atoms with Gasteiger partial charge in [-0.1, -0.05) is 0 Å². The molecule has 0 heterocycles. The predicted octanol–water partition coefficient (Wildman–Crippen LogP) is -1.53. The van der Waals surface area contributed by atoms with Crippen molar-refractivity contribution in [3.05, 3.63) is 0 Å². The highest BCUT2D eigenvalue weighted by molar-refractivity contribution is 5.67. The minimum Gasteiger partial charge on any atom is -0.481 e. The highest BCUT2D eigenvalue weighted by Gasteiger charge is 2.05. The maximum atomic E-state index is 9.96. The lowest BCUT2D eigenvalue weighted by Gasteiger charge is -2.04. The van der Waals surface area contributed by atoms with Gasteiger partial charge in [0.05, 0.1) is 6.42 Å². The first-order valence-corrected chi connectivity index (χ1v) is 2.84. The van der Waals surface area contributed by atoms with Crippen molar-refractivity contribution in [1.82, 2.24) is 6.15 Å². The molecule has 0 aromatic heterocycles. The molecule has 1 atom stereocenters. The Morgan fingerprint density at radius 3 is 2.27 bits per heavy atom. The monoisotopic (exact) mass is 167 g/mol. The summed E-state index contributed by atoms with van der Waals surface area (Å²) in [6.07, 6.45) is 0.587. The lowest BCUT2D eigenvalue weighted by molar-refractivity contribution is -0.137. The topological polar surface area (TPSA) is 156 Å². The molecule has 0 radical (unpaired) electrons. The van der Waals surface area contributed by atoms with Crippen molar-refractivity contribution >= 4 is 5.97 Å². The number of nitrogens with two attached hydrogens (primary N) is 2. The number of hydrogen-bond acceptors (Lipinski definition) is 4. The number of aliphatic carboxylic acids is 1. The number of carboxylic acids is 1. The van der Waals surface area contributed by atoms with E-state index >= 15 is 0 Å². The Labute approximate surface area is 65.5 Å². The van der Waals surface area contributed by atoms with E-state index < -0.39 is 5.97 Å². The first kappa shape index (κ1) is 16.7. The van der Waals surface area contributed by atoms with Gasteiger partial charge in [0.15, 0.2) is 0 Å². The molecular formula is C5H17N3O3. The molecule has 0 rings (SSSR count). The van der Waals surface area contributed by atoms with Crippen molar-refractivity contribution in [3.63, 3.8) is 0 Å². The molecule has 0 aliphatic heterocycles. The van der Waals surface area contributed by atoms with E-state index in [0.717, 1.165) is 0 Å². The van der Waals surface area contributed by atoms with Gasteiger partial charge in [0.2, 0.25) is 0 Å². The maximum Gasteiger partial charge on any atom is 0.304 e. The molecule has 70 valence electrons. The molecule has 0 amide bonds. The summed E-state index contributed by atoms with van der Waals surface area (Å²) in [5.74, 6) is -0.865. The van der Waals surface area contributed by atoms with Gasteiger partial charge < -0.3 is 28.2 Å². The quantitative estimate of drug-likeness (QED) is 0.399. The Morgan fingerprint density at radius 2 is 2.00 bits per heavy atom. The number of rotatable bonds is 4. The van der Waals surface area contributed by atoms with E-state index in [1.165, 1.54) is 0 Å². The Bertz CT molecular complexity index is 99.0. The number of carbonyl (C=O) groups is 1. The third-order valence-electron chi connectivity index (χ3n) is 0.974. The zero-order valence-corrected chi connectivity index (χ0v) is 6.42. The van der Waals surface area contributed by atoms with Crippen LogP contribution in [0.4, 0.5) is 0 Å². The van der Waals surface area contributed by atoms with E-state index in [9.17, 15) is 4.79 Å². The molecule has 1 unspecified atom stereocenters. The summed E-state index contributed by atoms with van der Waals surface area (Å²) in [6.45, 7) is 0.453. The van der Waals surface area contributed by atoms with Crippen LogP contribution in [0.15, 0.2) is 0 Å². The van der Waals surface area contributed by atoms with Crippen LogP contribution in [0.5, 0.6) is 0 Å². The molecule has 0 saturated carbocycles. The van der Waals surface area contributed by atoms with Crippen LogP contribution in [0, 0.1) is 0 Å². The van der Waals surface area contributed by atoms with Crippen molar-refractivity contribution in [1.29, 1.82) is 0 Å². The predicted molar refractivity (Wildman–Crippen MR) is 42.5 cm³/mol. The van der Waals surface area contributed by atoms with Gasteiger partial charge in [-0.05, 0) is 13.0 Å². The highest BCUT2D eigenvalue weighted by Crippen LogP contribution is 1.91. The van der Waals surface area contributed by atoms with Gasteiger partial charge in [-0.3, -0.25) is 4.79 Å². The summed E-state index contributed by atoms with van der Waals surface area (Å²) in [4.78, 5) is 9.96. The average Bonchev–Trinajstić information content (AvgIpc) is 1.63. The van der Waals surface area contributed by atoms with E-state index in [1.54, 1.807) is 0 Å². The smallest absolute Gasteiger partial charge is 0.304 e. The number of hydrogen-bond donors (Lipinski definition) is 4. The number of carboxylic acid groups (broad SMARTS) is 1. The molecule has 0 aliphatic rings. The highest BCUT2D eigenvalue weighted by atomic mass is 16.4. The second kappa shape index (κ2) is 9.31. The van der Waals surface area contributed by atoms with Crippen LogP contribution in [-0.2, 0) is 4.79 Å². The van der Waals surface area contributed by atoms with Crippen LogP contribution < -0.4 is 17.6 Å². The second-order valence-electron chi connectivity index (χ2n) is 1.94. The molecule has 0 aromatic rings. The van der Waals surface area contributed by atoms with Gasteiger partial charge in [-0.15, -0.1) is 0 Å². The maximum absolute atomic E-state index is 9.96. The van der Waals surface area contributed by atoms with Crippen molar-refractivity contribution < 1.29 is 15.4 Å². The third-order valence-corrected chi connectivity index (χ3v) is 0.974. The summed E-state index contributed by atoms with van der Waals surface area (Å²) in [5.41, 5.74) is 10.5. The molecule has 0 spiro atoms. The Kier molecular flexibility index (Phi) is 14.2. The van der Waals surface area contributed by atoms with Gasteiger partial charge in [0.25, 0.3) is 0 Å². The minimum atomic E-state index is -0.865. The largest absolute Gasteiger partial charge is 0.481 e. The van der Waals surface area contributed by atoms with E-state index in [4.69, 9.17) is 16.6 Å². The van der Waals surface area contributed by atoms with E-state index in [0.29, 0.717) is 13.0 Å². The van der Waals surface area contributed by atoms with Crippen LogP contribution >= 0.6 is 0 Å². The molecule has 10 N–H and O–H groups in total. The normalized spacial score (nSPS) is 10.7. The van der Waals surface area contributed by atoms with Crippen LogP contribution in [0.2, 0.25) is 0 Å². The summed E-state index contributed by atoms with van der Waals surface area (Å²) in [7, 11) is 0. The van der Waals surface area contributed by atoms with Gasteiger partial charge in [0.1, 0.15) is 0 Å². The zero-order valence-electron chi connectivity index (χ0n) is 6.42. The fourth-order valence-electron chi connectivity index (χ4n) is 0.540. The molecule has 0 bridgehead atoms. The van der Waals surface area contributed by atoms with Crippen LogP contribution in [-0.4, -0.2) is 29.1 Å². The second-order valence-corrected chi connectivity index (χ2v) is 1.94. The van der Waals surface area contributed by atoms with E-state index in [-0.39, 0.29) is 24.1 Å². The first-order valence-electron chi connectivity index (χ1n) is 2.84. The fourth-order valence-corrected chi connectivity index (χ4v) is 0.540. The standard InChI is InChI=1S/C5H12N2O2.H3N.H2O/c6-2-1-4(7)3-5(8)9;;/h4H,1-3,6-7H2,(H,8,9);1H3;1H2. The lowest BCUT2D eigenvalue weighted by Crippen LogP contribution is -2.26. The molecule has 0 aliphatic carbocycles. The molecule has 0 aromatic carbocycles. The van der Waals surface area contributed by atoms with E-state index in [2.05, 4.69) is 0 Å². The fraction of sp³-hybridized carbons (Fsp3) is 0.800. The van der Waals surface area contributed by atoms with Crippen LogP contribution in [0.3, 0.4) is 0 Å². The lowest BCUT2D eigenvalue weighted by atomic mass is 10.1. The van der Waals surface area contributed by atoms with Gasteiger partial charge >= 0.3 is 5.97 Å². The van der Waals surface area contributed by atoms with Crippen molar-refractivity contribution in [2.45, 2.75) is 18.9 Å². The molecule has 6 nitrogen and oxygen atoms in total. The van der Waals surface area contributed by atoms with Crippen LogP contribution in [0.1, 0.15) is 12.8 Å². The van der Waals surface area contributed by atoms with Gasteiger partial charge in [-0.25, -0.2) is 0 Å². The molecular weight excluding hydrogens is 150 g/mol. The summed E-state index contributed by atoms with van der Waals surface area (Å²) < 4.78 is 0. The summed E-state index contributed by atoms with van der Waals surface area (Å²) in [5, 5.41) is 8.19. The minimum absolute atomic E-state index is 0. The molecule has 0 fully saturated rings. The Morgan fingerprint density at radius 1 is 1.55 bits per heavy atom. The summed E-state index contributed by atoms with van der Waals surface area (Å²) in [6, 6.07) is -0.285. The SMILES string of the molecule is N.NCCC(N)CC(=O)O.O. The van der Waals surface area contributed by atoms with Crippen LogP contribution in [0.25, 0.3) is 0 Å². The first-order chi connectivity index (χ1) is 4.16. The van der Waals surface area contributed by atoms with Crippen molar-refractivity contribution in [2.24, 2.45) is 11.5 Å². The average molecular weight is 167 g/mol. The summed E-state index contributed by atoms with van der Waals surface area (Å²) >= 11 is 0. The van der Waals surface area contributed by atoms with Crippen molar-refractivity contribution in [3.8, 4) is 0 Å².